The summed E-state index contributed by atoms with van der Waals surface area (Å²) in [5.41, 5.74) is 1.32. The molecule has 0 fully saturated rings. The molecule has 1 aromatic rings. The highest BCUT2D eigenvalue weighted by Crippen LogP contribution is 2.20. The van der Waals surface area contributed by atoms with Crippen molar-refractivity contribution in [3.63, 3.8) is 0 Å². The van der Waals surface area contributed by atoms with Gasteiger partial charge in [0.25, 0.3) is 0 Å². The fourth-order valence-corrected chi connectivity index (χ4v) is 1.89. The van der Waals surface area contributed by atoms with E-state index in [2.05, 4.69) is 30.4 Å². The first-order valence-electron chi connectivity index (χ1n) is 6.19. The molecular weight excluding hydrogens is 198 g/mol. The van der Waals surface area contributed by atoms with Crippen molar-refractivity contribution in [1.29, 1.82) is 0 Å². The van der Waals surface area contributed by atoms with Gasteiger partial charge in [0.05, 0.1) is 6.61 Å². The molecule has 0 aromatic heterocycles. The topological polar surface area (TPSA) is 21.3 Å². The average molecular weight is 221 g/mol. The highest BCUT2D eigenvalue weighted by molar-refractivity contribution is 5.33. The Morgan fingerprint density at radius 1 is 1.25 bits per heavy atom. The van der Waals surface area contributed by atoms with E-state index in [0.29, 0.717) is 6.04 Å². The predicted molar refractivity (Wildman–Crippen MR) is 69.1 cm³/mol. The molecule has 1 aromatic carbocycles. The Kier molecular flexibility index (Phi) is 5.94. The van der Waals surface area contributed by atoms with Crippen LogP contribution in [0.3, 0.4) is 0 Å². The number of hydrogen-bond donors (Lipinski definition) is 1. The minimum atomic E-state index is 0.606. The normalized spacial score (nSPS) is 12.4. The highest BCUT2D eigenvalue weighted by Gasteiger charge is 2.06. The molecule has 0 aliphatic heterocycles. The van der Waals surface area contributed by atoms with Crippen LogP contribution in [0.15, 0.2) is 24.3 Å². The van der Waals surface area contributed by atoms with Crippen molar-refractivity contribution in [1.82, 2.24) is 5.32 Å². The van der Waals surface area contributed by atoms with Crippen LogP contribution in [0, 0.1) is 0 Å². The van der Waals surface area contributed by atoms with Gasteiger partial charge in [0, 0.05) is 6.04 Å². The van der Waals surface area contributed by atoms with Gasteiger partial charge >= 0.3 is 0 Å². The van der Waals surface area contributed by atoms with Crippen LogP contribution < -0.4 is 10.1 Å². The number of hydrogen-bond acceptors (Lipinski definition) is 2. The van der Waals surface area contributed by atoms with Crippen LogP contribution in [0.1, 0.15) is 32.3 Å². The molecule has 1 N–H and O–H groups in total. The van der Waals surface area contributed by atoms with Crippen LogP contribution in [-0.4, -0.2) is 19.7 Å². The molecule has 0 radical (unpaired) electrons. The third kappa shape index (κ3) is 3.86. The maximum absolute atomic E-state index is 5.62. The number of benzene rings is 1. The molecule has 0 bridgehead atoms. The zero-order chi connectivity index (χ0) is 11.8. The van der Waals surface area contributed by atoms with E-state index >= 15 is 0 Å². The summed E-state index contributed by atoms with van der Waals surface area (Å²) in [6.07, 6.45) is 3.42. The van der Waals surface area contributed by atoms with E-state index in [9.17, 15) is 0 Å². The molecule has 0 saturated heterocycles. The second-order valence-electron chi connectivity index (χ2n) is 3.97. The molecule has 0 aliphatic rings. The fourth-order valence-electron chi connectivity index (χ4n) is 1.89. The quantitative estimate of drug-likeness (QED) is 0.764. The minimum absolute atomic E-state index is 0.606. The molecule has 16 heavy (non-hydrogen) atoms. The molecule has 90 valence electrons. The SMILES string of the molecule is CCOc1ccccc1CCC(CC)NC. The Balaban J connectivity index is 2.58. The lowest BCUT2D eigenvalue weighted by molar-refractivity contribution is 0.335. The third-order valence-corrected chi connectivity index (χ3v) is 2.94. The molecule has 2 nitrogen and oxygen atoms in total. The standard InChI is InChI=1S/C14H23NO/c1-4-13(15-3)11-10-12-8-6-7-9-14(12)16-5-2/h6-9,13,15H,4-5,10-11H2,1-3H3. The summed E-state index contributed by atoms with van der Waals surface area (Å²) >= 11 is 0. The number of nitrogens with one attached hydrogen (secondary N) is 1. The first-order chi connectivity index (χ1) is 7.81. The van der Waals surface area contributed by atoms with Gasteiger partial charge in [-0.1, -0.05) is 25.1 Å². The molecule has 1 rings (SSSR count). The molecule has 0 heterocycles. The van der Waals surface area contributed by atoms with Crippen molar-refractivity contribution in [2.24, 2.45) is 0 Å². The summed E-state index contributed by atoms with van der Waals surface area (Å²) in [5, 5.41) is 3.33. The lowest BCUT2D eigenvalue weighted by atomic mass is 10.0. The van der Waals surface area contributed by atoms with E-state index in [1.165, 1.54) is 12.0 Å². The van der Waals surface area contributed by atoms with Crippen molar-refractivity contribution in [3.05, 3.63) is 29.8 Å². The van der Waals surface area contributed by atoms with Crippen LogP contribution in [0.5, 0.6) is 5.75 Å². The molecular formula is C14H23NO. The van der Waals surface area contributed by atoms with Crippen LogP contribution in [-0.2, 0) is 6.42 Å². The van der Waals surface area contributed by atoms with Gasteiger partial charge < -0.3 is 10.1 Å². The van der Waals surface area contributed by atoms with Gasteiger partial charge in [-0.15, -0.1) is 0 Å². The molecule has 0 spiro atoms. The van der Waals surface area contributed by atoms with Crippen molar-refractivity contribution in [2.45, 2.75) is 39.2 Å². The first-order valence-corrected chi connectivity index (χ1v) is 6.19. The van der Waals surface area contributed by atoms with Gasteiger partial charge in [-0.3, -0.25) is 0 Å². The Hall–Kier alpha value is -1.02. The second kappa shape index (κ2) is 7.29. The van der Waals surface area contributed by atoms with Gasteiger partial charge in [-0.2, -0.15) is 0 Å². The summed E-state index contributed by atoms with van der Waals surface area (Å²) < 4.78 is 5.62. The summed E-state index contributed by atoms with van der Waals surface area (Å²) in [4.78, 5) is 0. The maximum Gasteiger partial charge on any atom is 0.122 e. The maximum atomic E-state index is 5.62. The van der Waals surface area contributed by atoms with Gasteiger partial charge in [0.2, 0.25) is 0 Å². The van der Waals surface area contributed by atoms with Crippen molar-refractivity contribution < 1.29 is 4.74 Å². The monoisotopic (exact) mass is 221 g/mol. The second-order valence-corrected chi connectivity index (χ2v) is 3.97. The van der Waals surface area contributed by atoms with Crippen LogP contribution in [0.4, 0.5) is 0 Å². The highest BCUT2D eigenvalue weighted by atomic mass is 16.5. The largest absolute Gasteiger partial charge is 0.494 e. The van der Waals surface area contributed by atoms with E-state index in [-0.39, 0.29) is 0 Å². The number of ether oxygens (including phenoxy) is 1. The Bertz CT molecular complexity index is 295. The van der Waals surface area contributed by atoms with Crippen LogP contribution in [0.25, 0.3) is 0 Å². The smallest absolute Gasteiger partial charge is 0.122 e. The van der Waals surface area contributed by atoms with Crippen LogP contribution >= 0.6 is 0 Å². The van der Waals surface area contributed by atoms with E-state index in [4.69, 9.17) is 4.74 Å². The van der Waals surface area contributed by atoms with Gasteiger partial charge in [0.15, 0.2) is 0 Å². The number of para-hydroxylation sites is 1. The zero-order valence-electron chi connectivity index (χ0n) is 10.6. The Morgan fingerprint density at radius 2 is 2.00 bits per heavy atom. The lowest BCUT2D eigenvalue weighted by Crippen LogP contribution is -2.24. The lowest BCUT2D eigenvalue weighted by Gasteiger charge is -2.15. The minimum Gasteiger partial charge on any atom is -0.494 e. The van der Waals surface area contributed by atoms with E-state index in [1.807, 2.05) is 20.0 Å². The summed E-state index contributed by atoms with van der Waals surface area (Å²) in [6, 6.07) is 8.93. The molecule has 1 unspecified atom stereocenters. The molecule has 1 atom stereocenters. The van der Waals surface area contributed by atoms with E-state index in [0.717, 1.165) is 25.2 Å². The molecule has 2 heteroatoms. The summed E-state index contributed by atoms with van der Waals surface area (Å²) in [6.45, 7) is 4.98. The van der Waals surface area contributed by atoms with Crippen molar-refractivity contribution in [3.8, 4) is 5.75 Å². The average Bonchev–Trinajstić information content (AvgIpc) is 2.33. The van der Waals surface area contributed by atoms with Gasteiger partial charge in [-0.25, -0.2) is 0 Å². The molecule has 0 aliphatic carbocycles. The molecule has 0 saturated carbocycles. The van der Waals surface area contributed by atoms with E-state index < -0.39 is 0 Å². The summed E-state index contributed by atoms with van der Waals surface area (Å²) in [5.74, 6) is 1.04. The number of aryl methyl sites for hydroxylation is 1. The third-order valence-electron chi connectivity index (χ3n) is 2.94. The first kappa shape index (κ1) is 13.0. The Morgan fingerprint density at radius 3 is 2.62 bits per heavy atom. The van der Waals surface area contributed by atoms with Crippen molar-refractivity contribution >= 4 is 0 Å². The number of rotatable bonds is 7. The van der Waals surface area contributed by atoms with Crippen molar-refractivity contribution in [2.75, 3.05) is 13.7 Å². The van der Waals surface area contributed by atoms with Gasteiger partial charge in [-0.05, 0) is 44.9 Å². The van der Waals surface area contributed by atoms with E-state index in [1.54, 1.807) is 0 Å². The van der Waals surface area contributed by atoms with Gasteiger partial charge in [0.1, 0.15) is 5.75 Å². The zero-order valence-corrected chi connectivity index (χ0v) is 10.6. The fraction of sp³-hybridized carbons (Fsp3) is 0.571. The summed E-state index contributed by atoms with van der Waals surface area (Å²) in [7, 11) is 2.03. The molecule has 0 amide bonds. The Labute approximate surface area is 99.0 Å². The predicted octanol–water partition coefficient (Wildman–Crippen LogP) is 3.02. The van der Waals surface area contributed by atoms with Crippen LogP contribution in [0.2, 0.25) is 0 Å².